The Bertz CT molecular complexity index is 683. The van der Waals surface area contributed by atoms with Crippen LogP contribution in [0.2, 0.25) is 0 Å². The number of piperidine rings is 1. The van der Waals surface area contributed by atoms with Crippen LogP contribution in [0.15, 0.2) is 29.3 Å². The van der Waals surface area contributed by atoms with E-state index in [0.717, 1.165) is 55.7 Å². The van der Waals surface area contributed by atoms with Gasteiger partial charge in [-0.3, -0.25) is 9.79 Å². The van der Waals surface area contributed by atoms with E-state index in [1.54, 1.807) is 7.05 Å². The van der Waals surface area contributed by atoms with Crippen molar-refractivity contribution >= 4 is 35.8 Å². The number of nitrogens with one attached hydrogen (secondary N) is 2. The van der Waals surface area contributed by atoms with E-state index < -0.39 is 0 Å². The Kier molecular flexibility index (Phi) is 9.52. The van der Waals surface area contributed by atoms with Crippen molar-refractivity contribution in [2.75, 3.05) is 26.7 Å². The summed E-state index contributed by atoms with van der Waals surface area (Å²) in [7, 11) is 1.79. The van der Waals surface area contributed by atoms with Gasteiger partial charge in [0.25, 0.3) is 0 Å². The zero-order chi connectivity index (χ0) is 19.9. The number of benzene rings is 1. The Hall–Kier alpha value is -1.51. The number of hydrogen-bond donors (Lipinski definition) is 2. The third kappa shape index (κ3) is 7.35. The summed E-state index contributed by atoms with van der Waals surface area (Å²) in [4.78, 5) is 18.5. The first-order valence-electron chi connectivity index (χ1n) is 10.5. The van der Waals surface area contributed by atoms with E-state index in [1.165, 1.54) is 12.8 Å². The van der Waals surface area contributed by atoms with E-state index >= 15 is 0 Å². The Morgan fingerprint density at radius 1 is 1.21 bits per heavy atom. The van der Waals surface area contributed by atoms with Crippen LogP contribution in [0.1, 0.15) is 45.1 Å². The maximum absolute atomic E-state index is 12.1. The normalized spacial score (nSPS) is 17.7. The molecule has 1 saturated heterocycles. The van der Waals surface area contributed by atoms with Gasteiger partial charge in [-0.25, -0.2) is 0 Å². The van der Waals surface area contributed by atoms with Crippen molar-refractivity contribution in [2.24, 2.45) is 16.8 Å². The predicted octanol–water partition coefficient (Wildman–Crippen LogP) is 3.41. The van der Waals surface area contributed by atoms with Crippen molar-refractivity contribution in [3.05, 3.63) is 29.8 Å². The van der Waals surface area contributed by atoms with E-state index in [0.29, 0.717) is 12.6 Å². The van der Waals surface area contributed by atoms with Gasteiger partial charge >= 0.3 is 0 Å². The van der Waals surface area contributed by atoms with Crippen LogP contribution < -0.4 is 15.4 Å². The molecule has 0 unspecified atom stereocenters. The molecule has 1 heterocycles. The summed E-state index contributed by atoms with van der Waals surface area (Å²) in [5, 5.41) is 6.91. The zero-order valence-electron chi connectivity index (χ0n) is 17.8. The van der Waals surface area contributed by atoms with Gasteiger partial charge in [-0.05, 0) is 37.7 Å². The van der Waals surface area contributed by atoms with Gasteiger partial charge in [0.1, 0.15) is 5.75 Å². The van der Waals surface area contributed by atoms with E-state index in [9.17, 15) is 4.79 Å². The summed E-state index contributed by atoms with van der Waals surface area (Å²) < 4.78 is 5.99. The molecule has 1 saturated carbocycles. The van der Waals surface area contributed by atoms with Crippen LogP contribution in [0.5, 0.6) is 5.75 Å². The monoisotopic (exact) mass is 514 g/mol. The zero-order valence-corrected chi connectivity index (χ0v) is 20.1. The number of amides is 1. The van der Waals surface area contributed by atoms with Gasteiger partial charge in [0.2, 0.25) is 5.91 Å². The molecule has 0 atom stereocenters. The number of carbonyl (C=O) groups excluding carboxylic acids is 1. The largest absolute Gasteiger partial charge is 0.493 e. The topological polar surface area (TPSA) is 66.0 Å². The van der Waals surface area contributed by atoms with Gasteiger partial charge in [-0.1, -0.05) is 32.0 Å². The molecule has 1 aromatic rings. The molecule has 0 spiro atoms. The molecule has 1 aromatic carbocycles. The Morgan fingerprint density at radius 2 is 1.90 bits per heavy atom. The lowest BCUT2D eigenvalue weighted by molar-refractivity contribution is -0.135. The Morgan fingerprint density at radius 3 is 2.52 bits per heavy atom. The van der Waals surface area contributed by atoms with Crippen LogP contribution in [0.25, 0.3) is 0 Å². The smallest absolute Gasteiger partial charge is 0.225 e. The quantitative estimate of drug-likeness (QED) is 0.333. The van der Waals surface area contributed by atoms with Crippen LogP contribution in [0.4, 0.5) is 0 Å². The molecule has 0 bridgehead atoms. The highest BCUT2D eigenvalue weighted by Crippen LogP contribution is 2.30. The summed E-state index contributed by atoms with van der Waals surface area (Å²) >= 11 is 0. The van der Waals surface area contributed by atoms with Gasteiger partial charge < -0.3 is 20.3 Å². The van der Waals surface area contributed by atoms with E-state index in [-0.39, 0.29) is 35.8 Å². The number of para-hydroxylation sites is 1. The minimum absolute atomic E-state index is 0. The summed E-state index contributed by atoms with van der Waals surface area (Å²) in [6, 6.07) is 8.53. The number of likely N-dealkylation sites (tertiary alicyclic amines) is 1. The fourth-order valence-corrected chi connectivity index (χ4v) is 3.46. The third-order valence-corrected chi connectivity index (χ3v) is 5.46. The molecule has 29 heavy (non-hydrogen) atoms. The van der Waals surface area contributed by atoms with Gasteiger partial charge in [0.05, 0.1) is 6.61 Å². The molecule has 2 fully saturated rings. The molecule has 1 aliphatic heterocycles. The lowest BCUT2D eigenvalue weighted by Gasteiger charge is -2.34. The summed E-state index contributed by atoms with van der Waals surface area (Å²) in [6.45, 7) is 7.03. The summed E-state index contributed by atoms with van der Waals surface area (Å²) in [5.74, 6) is 2.82. The fourth-order valence-electron chi connectivity index (χ4n) is 3.46. The van der Waals surface area contributed by atoms with Crippen molar-refractivity contribution in [2.45, 2.75) is 52.1 Å². The molecule has 0 radical (unpaired) electrons. The number of guanidine groups is 1. The van der Waals surface area contributed by atoms with E-state index in [2.05, 4.69) is 21.7 Å². The number of nitrogens with zero attached hydrogens (tertiary/aromatic N) is 2. The molecule has 1 aliphatic carbocycles. The van der Waals surface area contributed by atoms with Crippen LogP contribution in [0, 0.1) is 11.8 Å². The lowest BCUT2D eigenvalue weighted by Crippen LogP contribution is -2.50. The average Bonchev–Trinajstić information content (AvgIpc) is 3.54. The van der Waals surface area contributed by atoms with Crippen molar-refractivity contribution in [3.63, 3.8) is 0 Å². The highest BCUT2D eigenvalue weighted by molar-refractivity contribution is 14.0. The van der Waals surface area contributed by atoms with Gasteiger partial charge in [-0.15, -0.1) is 24.0 Å². The van der Waals surface area contributed by atoms with Crippen molar-refractivity contribution in [1.82, 2.24) is 15.5 Å². The average molecular weight is 514 g/mol. The lowest BCUT2D eigenvalue weighted by atomic mass is 10.0. The maximum atomic E-state index is 12.1. The van der Waals surface area contributed by atoms with E-state index in [1.807, 2.05) is 36.9 Å². The van der Waals surface area contributed by atoms with Crippen molar-refractivity contribution < 1.29 is 9.53 Å². The number of carbonyl (C=O) groups is 1. The van der Waals surface area contributed by atoms with Crippen LogP contribution in [-0.2, 0) is 11.3 Å². The molecule has 0 aromatic heterocycles. The second kappa shape index (κ2) is 11.6. The fraction of sp³-hybridized carbons (Fsp3) is 0.636. The molecular weight excluding hydrogens is 479 g/mol. The highest BCUT2D eigenvalue weighted by Gasteiger charge is 2.25. The van der Waals surface area contributed by atoms with Crippen LogP contribution >= 0.6 is 24.0 Å². The third-order valence-electron chi connectivity index (χ3n) is 5.46. The first kappa shape index (κ1) is 23.8. The molecule has 162 valence electrons. The molecule has 2 aliphatic rings. The molecule has 2 N–H and O–H groups in total. The standard InChI is InChI=1S/C22H34N4O2.HI/c1-16(2)21(27)26-12-10-19(11-13-26)25-22(23-3)24-14-18-6-4-5-7-20(18)28-15-17-8-9-17;/h4-7,16-17,19H,8-15H2,1-3H3,(H2,23,24,25);1H. The Labute approximate surface area is 191 Å². The van der Waals surface area contributed by atoms with Crippen LogP contribution in [0.3, 0.4) is 0 Å². The van der Waals surface area contributed by atoms with Gasteiger partial charge in [0, 0.05) is 44.2 Å². The number of rotatable bonds is 7. The summed E-state index contributed by atoms with van der Waals surface area (Å²) in [5.41, 5.74) is 1.14. The molecule has 1 amide bonds. The second-order valence-electron chi connectivity index (χ2n) is 8.19. The highest BCUT2D eigenvalue weighted by atomic mass is 127. The van der Waals surface area contributed by atoms with Gasteiger partial charge in [-0.2, -0.15) is 0 Å². The van der Waals surface area contributed by atoms with Gasteiger partial charge in [0.15, 0.2) is 5.96 Å². The van der Waals surface area contributed by atoms with Crippen molar-refractivity contribution in [1.29, 1.82) is 0 Å². The van der Waals surface area contributed by atoms with Crippen molar-refractivity contribution in [3.8, 4) is 5.75 Å². The second-order valence-corrected chi connectivity index (χ2v) is 8.19. The first-order valence-corrected chi connectivity index (χ1v) is 10.5. The SMILES string of the molecule is CN=C(NCc1ccccc1OCC1CC1)NC1CCN(C(=O)C(C)C)CC1.I. The molecule has 6 nitrogen and oxygen atoms in total. The number of hydrogen-bond acceptors (Lipinski definition) is 3. The minimum atomic E-state index is 0. The number of aliphatic imine (C=N–C) groups is 1. The molecule has 3 rings (SSSR count). The molecule has 7 heteroatoms. The number of halogens is 1. The summed E-state index contributed by atoms with van der Waals surface area (Å²) in [6.07, 6.45) is 4.47. The molecular formula is C22H35IN4O2. The predicted molar refractivity (Wildman–Crippen MR) is 128 cm³/mol. The Balaban J connectivity index is 0.00000300. The number of ether oxygens (including phenoxy) is 1. The van der Waals surface area contributed by atoms with Crippen LogP contribution in [-0.4, -0.2) is 49.6 Å². The first-order chi connectivity index (χ1) is 13.6. The maximum Gasteiger partial charge on any atom is 0.225 e. The van der Waals surface area contributed by atoms with E-state index in [4.69, 9.17) is 4.74 Å². The minimum Gasteiger partial charge on any atom is -0.493 e.